The van der Waals surface area contributed by atoms with E-state index in [1.54, 1.807) is 24.3 Å². The molecule has 1 amide bonds. The number of amides is 1. The summed E-state index contributed by atoms with van der Waals surface area (Å²) in [7, 11) is 0. The van der Waals surface area contributed by atoms with Crippen LogP contribution in [0.5, 0.6) is 5.75 Å². The lowest BCUT2D eigenvalue weighted by Gasteiger charge is -2.06. The monoisotopic (exact) mass is 310 g/mol. The summed E-state index contributed by atoms with van der Waals surface area (Å²) in [5.41, 5.74) is 5.17. The zero-order chi connectivity index (χ0) is 16.5. The molecule has 4 heteroatoms. The number of hydrogen-bond acceptors (Lipinski definition) is 3. The Morgan fingerprint density at radius 3 is 2.43 bits per heavy atom. The van der Waals surface area contributed by atoms with Crippen LogP contribution in [0.15, 0.2) is 59.7 Å². The SMILES string of the molecule is CCCOc1ccc(C(=O)NN=C(C)Cc2ccccc2)cc1. The van der Waals surface area contributed by atoms with Crippen molar-refractivity contribution in [3.8, 4) is 5.75 Å². The molecule has 0 fully saturated rings. The van der Waals surface area contributed by atoms with Crippen LogP contribution in [-0.4, -0.2) is 18.2 Å². The fraction of sp³-hybridized carbons (Fsp3) is 0.263. The van der Waals surface area contributed by atoms with Gasteiger partial charge in [-0.25, -0.2) is 5.43 Å². The highest BCUT2D eigenvalue weighted by molar-refractivity contribution is 5.95. The smallest absolute Gasteiger partial charge is 0.271 e. The maximum Gasteiger partial charge on any atom is 0.271 e. The molecule has 0 atom stereocenters. The van der Waals surface area contributed by atoms with E-state index in [0.29, 0.717) is 18.6 Å². The molecular weight excluding hydrogens is 288 g/mol. The Hall–Kier alpha value is -2.62. The molecule has 0 aliphatic heterocycles. The summed E-state index contributed by atoms with van der Waals surface area (Å²) in [4.78, 5) is 12.1. The molecule has 0 spiro atoms. The summed E-state index contributed by atoms with van der Waals surface area (Å²) in [5, 5.41) is 4.15. The molecule has 120 valence electrons. The van der Waals surface area contributed by atoms with E-state index in [1.807, 2.05) is 37.3 Å². The van der Waals surface area contributed by atoms with E-state index in [9.17, 15) is 4.79 Å². The van der Waals surface area contributed by atoms with Gasteiger partial charge in [-0.05, 0) is 43.2 Å². The number of nitrogens with one attached hydrogen (secondary N) is 1. The van der Waals surface area contributed by atoms with Crippen LogP contribution in [0.2, 0.25) is 0 Å². The number of nitrogens with zero attached hydrogens (tertiary/aromatic N) is 1. The average Bonchev–Trinajstić information content (AvgIpc) is 2.59. The second-order valence-electron chi connectivity index (χ2n) is 5.32. The molecule has 23 heavy (non-hydrogen) atoms. The lowest BCUT2D eigenvalue weighted by Crippen LogP contribution is -2.19. The Labute approximate surface area is 137 Å². The van der Waals surface area contributed by atoms with Crippen LogP contribution in [0, 0.1) is 0 Å². The molecule has 2 aromatic rings. The maximum atomic E-state index is 12.1. The summed E-state index contributed by atoms with van der Waals surface area (Å²) < 4.78 is 5.50. The first-order valence-corrected chi connectivity index (χ1v) is 7.79. The van der Waals surface area contributed by atoms with Gasteiger partial charge < -0.3 is 4.74 Å². The van der Waals surface area contributed by atoms with Crippen molar-refractivity contribution in [3.05, 3.63) is 65.7 Å². The molecule has 1 N–H and O–H groups in total. The van der Waals surface area contributed by atoms with Crippen LogP contribution < -0.4 is 10.2 Å². The van der Waals surface area contributed by atoms with Gasteiger partial charge in [0.05, 0.1) is 6.61 Å². The van der Waals surface area contributed by atoms with Crippen molar-refractivity contribution in [1.82, 2.24) is 5.43 Å². The lowest BCUT2D eigenvalue weighted by molar-refractivity contribution is 0.0954. The summed E-state index contributed by atoms with van der Waals surface area (Å²) >= 11 is 0. The topological polar surface area (TPSA) is 50.7 Å². The Kier molecular flexibility index (Phi) is 6.36. The van der Waals surface area contributed by atoms with Gasteiger partial charge in [-0.1, -0.05) is 37.3 Å². The Bertz CT molecular complexity index is 649. The highest BCUT2D eigenvalue weighted by atomic mass is 16.5. The van der Waals surface area contributed by atoms with Crippen molar-refractivity contribution >= 4 is 11.6 Å². The number of ether oxygens (including phenoxy) is 1. The summed E-state index contributed by atoms with van der Waals surface area (Å²) in [5.74, 6) is 0.548. The minimum atomic E-state index is -0.223. The standard InChI is InChI=1S/C19H22N2O2/c1-3-13-23-18-11-9-17(10-12-18)19(22)21-20-15(2)14-16-7-5-4-6-8-16/h4-12H,3,13-14H2,1-2H3,(H,21,22). The second-order valence-corrected chi connectivity index (χ2v) is 5.32. The molecule has 0 bridgehead atoms. The summed E-state index contributed by atoms with van der Waals surface area (Å²) in [6, 6.07) is 17.1. The van der Waals surface area contributed by atoms with Crippen molar-refractivity contribution in [1.29, 1.82) is 0 Å². The van der Waals surface area contributed by atoms with Crippen molar-refractivity contribution in [2.45, 2.75) is 26.7 Å². The highest BCUT2D eigenvalue weighted by Crippen LogP contribution is 2.12. The molecule has 0 radical (unpaired) electrons. The van der Waals surface area contributed by atoms with E-state index in [4.69, 9.17) is 4.74 Å². The molecule has 2 aromatic carbocycles. The fourth-order valence-electron chi connectivity index (χ4n) is 2.06. The number of hydrogen-bond donors (Lipinski definition) is 1. The van der Waals surface area contributed by atoms with Crippen molar-refractivity contribution in [2.24, 2.45) is 5.10 Å². The molecule has 0 aromatic heterocycles. The number of carbonyl (C=O) groups excluding carboxylic acids is 1. The van der Waals surface area contributed by atoms with E-state index in [2.05, 4.69) is 17.5 Å². The minimum absolute atomic E-state index is 0.223. The molecule has 0 aliphatic carbocycles. The second kappa shape index (κ2) is 8.73. The molecule has 0 saturated carbocycles. The molecule has 0 aliphatic rings. The third-order valence-electron chi connectivity index (χ3n) is 3.24. The summed E-state index contributed by atoms with van der Waals surface area (Å²) in [6.07, 6.45) is 1.67. The van der Waals surface area contributed by atoms with Crippen LogP contribution in [0.3, 0.4) is 0 Å². The van der Waals surface area contributed by atoms with Gasteiger partial charge in [0.1, 0.15) is 5.75 Å². The van der Waals surface area contributed by atoms with Gasteiger partial charge in [0.2, 0.25) is 0 Å². The highest BCUT2D eigenvalue weighted by Gasteiger charge is 2.05. The van der Waals surface area contributed by atoms with Gasteiger partial charge in [0.25, 0.3) is 5.91 Å². The Balaban J connectivity index is 1.89. The van der Waals surface area contributed by atoms with Crippen LogP contribution in [0.25, 0.3) is 0 Å². The normalized spacial score (nSPS) is 11.1. The quantitative estimate of drug-likeness (QED) is 0.624. The zero-order valence-electron chi connectivity index (χ0n) is 13.6. The molecule has 0 saturated heterocycles. The van der Waals surface area contributed by atoms with Crippen molar-refractivity contribution in [2.75, 3.05) is 6.61 Å². The van der Waals surface area contributed by atoms with E-state index in [1.165, 1.54) is 5.56 Å². The van der Waals surface area contributed by atoms with Gasteiger partial charge in [0.15, 0.2) is 0 Å². The third kappa shape index (κ3) is 5.58. The van der Waals surface area contributed by atoms with Crippen LogP contribution >= 0.6 is 0 Å². The predicted octanol–water partition coefficient (Wildman–Crippen LogP) is 3.82. The minimum Gasteiger partial charge on any atom is -0.494 e. The van der Waals surface area contributed by atoms with Crippen molar-refractivity contribution < 1.29 is 9.53 Å². The van der Waals surface area contributed by atoms with Crippen LogP contribution in [-0.2, 0) is 6.42 Å². The van der Waals surface area contributed by atoms with Crippen LogP contribution in [0.4, 0.5) is 0 Å². The Morgan fingerprint density at radius 1 is 1.09 bits per heavy atom. The molecule has 2 rings (SSSR count). The maximum absolute atomic E-state index is 12.1. The first-order valence-electron chi connectivity index (χ1n) is 7.79. The average molecular weight is 310 g/mol. The van der Waals surface area contributed by atoms with Gasteiger partial charge >= 0.3 is 0 Å². The number of benzene rings is 2. The molecule has 0 unspecified atom stereocenters. The number of rotatable bonds is 7. The first kappa shape index (κ1) is 16.7. The largest absolute Gasteiger partial charge is 0.494 e. The van der Waals surface area contributed by atoms with E-state index in [0.717, 1.165) is 17.9 Å². The number of carbonyl (C=O) groups is 1. The molecule has 0 heterocycles. The molecule has 4 nitrogen and oxygen atoms in total. The van der Waals surface area contributed by atoms with E-state index < -0.39 is 0 Å². The fourth-order valence-corrected chi connectivity index (χ4v) is 2.06. The Morgan fingerprint density at radius 2 is 1.78 bits per heavy atom. The predicted molar refractivity (Wildman–Crippen MR) is 92.9 cm³/mol. The van der Waals surface area contributed by atoms with Gasteiger partial charge in [0, 0.05) is 17.7 Å². The van der Waals surface area contributed by atoms with E-state index in [-0.39, 0.29) is 5.91 Å². The lowest BCUT2D eigenvalue weighted by atomic mass is 10.1. The molecular formula is C19H22N2O2. The van der Waals surface area contributed by atoms with Gasteiger partial charge in [-0.3, -0.25) is 4.79 Å². The number of hydrazone groups is 1. The first-order chi connectivity index (χ1) is 11.2. The van der Waals surface area contributed by atoms with Gasteiger partial charge in [-0.15, -0.1) is 0 Å². The third-order valence-corrected chi connectivity index (χ3v) is 3.24. The summed E-state index contributed by atoms with van der Waals surface area (Å²) in [6.45, 7) is 4.63. The zero-order valence-corrected chi connectivity index (χ0v) is 13.6. The van der Waals surface area contributed by atoms with E-state index >= 15 is 0 Å². The van der Waals surface area contributed by atoms with Crippen molar-refractivity contribution in [3.63, 3.8) is 0 Å². The van der Waals surface area contributed by atoms with Gasteiger partial charge in [-0.2, -0.15) is 5.10 Å². The van der Waals surface area contributed by atoms with Crippen LogP contribution in [0.1, 0.15) is 36.2 Å².